The molecule has 0 atom stereocenters. The maximum Gasteiger partial charge on any atom is 0.179 e. The molecule has 2 rings (SSSR count). The largest absolute Gasteiger partial charge is 0.493 e. The molecule has 7 heteroatoms. The second kappa shape index (κ2) is 5.50. The van der Waals surface area contributed by atoms with Crippen molar-refractivity contribution >= 4 is 17.8 Å². The normalized spacial score (nSPS) is 10.8. The number of ether oxygens (including phenoxy) is 2. The molecule has 0 amide bonds. The molecule has 18 heavy (non-hydrogen) atoms. The van der Waals surface area contributed by atoms with Gasteiger partial charge in [-0.3, -0.25) is 0 Å². The Morgan fingerprint density at radius 1 is 1.22 bits per heavy atom. The first kappa shape index (κ1) is 12.4. The van der Waals surface area contributed by atoms with E-state index in [9.17, 15) is 0 Å². The molecule has 1 aromatic carbocycles. The average molecular weight is 267 g/mol. The first-order valence-corrected chi connectivity index (χ1v) is 5.43. The molecule has 2 aromatic rings. The van der Waals surface area contributed by atoms with E-state index in [1.54, 1.807) is 25.5 Å². The highest BCUT2D eigenvalue weighted by Gasteiger charge is 2.09. The fraction of sp³-hybridized carbons (Fsp3) is 0.182. The van der Waals surface area contributed by atoms with Crippen molar-refractivity contribution in [2.75, 3.05) is 14.2 Å². The smallest absolute Gasteiger partial charge is 0.179 e. The summed E-state index contributed by atoms with van der Waals surface area (Å²) in [4.78, 5) is 0. The van der Waals surface area contributed by atoms with Gasteiger partial charge in [0.25, 0.3) is 0 Å². The zero-order chi connectivity index (χ0) is 13.0. The summed E-state index contributed by atoms with van der Waals surface area (Å²) >= 11 is 6.08. The van der Waals surface area contributed by atoms with E-state index in [4.69, 9.17) is 21.1 Å². The maximum atomic E-state index is 6.08. The van der Waals surface area contributed by atoms with Crippen LogP contribution in [-0.2, 0) is 0 Å². The van der Waals surface area contributed by atoms with Crippen molar-refractivity contribution in [1.29, 1.82) is 0 Å². The van der Waals surface area contributed by atoms with Crippen LogP contribution >= 0.6 is 11.6 Å². The highest BCUT2D eigenvalue weighted by molar-refractivity contribution is 6.32. The van der Waals surface area contributed by atoms with Gasteiger partial charge in [0.2, 0.25) is 0 Å². The number of methoxy groups -OCH3 is 2. The summed E-state index contributed by atoms with van der Waals surface area (Å²) in [6.45, 7) is 0. The van der Waals surface area contributed by atoms with Gasteiger partial charge in [-0.05, 0) is 17.7 Å². The number of halogens is 1. The Morgan fingerprint density at radius 2 is 1.94 bits per heavy atom. The fourth-order valence-electron chi connectivity index (χ4n) is 1.40. The quantitative estimate of drug-likeness (QED) is 0.792. The molecule has 0 aliphatic heterocycles. The topological polar surface area (TPSA) is 61.5 Å². The molecule has 0 fully saturated rings. The van der Waals surface area contributed by atoms with Gasteiger partial charge in [-0.15, -0.1) is 10.2 Å². The van der Waals surface area contributed by atoms with Crippen LogP contribution in [0.15, 0.2) is 29.9 Å². The number of rotatable bonds is 4. The van der Waals surface area contributed by atoms with Crippen LogP contribution in [-0.4, -0.2) is 35.3 Å². The van der Waals surface area contributed by atoms with Gasteiger partial charge in [0.1, 0.15) is 12.7 Å². The van der Waals surface area contributed by atoms with Crippen LogP contribution in [0.3, 0.4) is 0 Å². The number of benzene rings is 1. The van der Waals surface area contributed by atoms with Gasteiger partial charge in [0, 0.05) is 0 Å². The third-order valence-corrected chi connectivity index (χ3v) is 2.48. The Bertz CT molecular complexity index is 554. The van der Waals surface area contributed by atoms with E-state index >= 15 is 0 Å². The molecule has 0 unspecified atom stereocenters. The minimum absolute atomic E-state index is 0.460. The summed E-state index contributed by atoms with van der Waals surface area (Å²) in [6, 6.07) is 3.51. The Kier molecular flexibility index (Phi) is 3.78. The Hall–Kier alpha value is -2.08. The van der Waals surface area contributed by atoms with E-state index in [-0.39, 0.29) is 0 Å². The molecule has 0 spiro atoms. The number of hydrogen-bond donors (Lipinski definition) is 0. The maximum absolute atomic E-state index is 6.08. The molecule has 0 bridgehead atoms. The lowest BCUT2D eigenvalue weighted by Crippen LogP contribution is -1.94. The highest BCUT2D eigenvalue weighted by atomic mass is 35.5. The lowest BCUT2D eigenvalue weighted by Gasteiger charge is -2.09. The van der Waals surface area contributed by atoms with Gasteiger partial charge in [0.05, 0.1) is 25.5 Å². The van der Waals surface area contributed by atoms with E-state index in [0.717, 1.165) is 5.56 Å². The summed E-state index contributed by atoms with van der Waals surface area (Å²) < 4.78 is 11.8. The van der Waals surface area contributed by atoms with E-state index in [2.05, 4.69) is 15.3 Å². The third-order valence-electron chi connectivity index (χ3n) is 2.20. The van der Waals surface area contributed by atoms with Gasteiger partial charge in [-0.25, -0.2) is 4.68 Å². The van der Waals surface area contributed by atoms with Gasteiger partial charge in [0.15, 0.2) is 11.5 Å². The Morgan fingerprint density at radius 3 is 2.56 bits per heavy atom. The van der Waals surface area contributed by atoms with Crippen LogP contribution < -0.4 is 9.47 Å². The van der Waals surface area contributed by atoms with Crippen LogP contribution in [0.25, 0.3) is 0 Å². The monoisotopic (exact) mass is 266 g/mol. The second-order valence-electron chi connectivity index (χ2n) is 3.32. The molecule has 0 aliphatic carbocycles. The molecule has 0 N–H and O–H groups in total. The molecule has 0 aliphatic rings. The van der Waals surface area contributed by atoms with Gasteiger partial charge in [-0.1, -0.05) is 11.6 Å². The first-order valence-electron chi connectivity index (χ1n) is 5.05. The molecular weight excluding hydrogens is 256 g/mol. The lowest BCUT2D eigenvalue weighted by molar-refractivity contribution is 0.355. The minimum Gasteiger partial charge on any atom is -0.493 e. The summed E-state index contributed by atoms with van der Waals surface area (Å²) in [5.74, 6) is 1.05. The average Bonchev–Trinajstić information content (AvgIpc) is 2.88. The SMILES string of the molecule is COc1cc(C=Nn2cnnc2)cc(Cl)c1OC. The van der Waals surface area contributed by atoms with Crippen molar-refractivity contribution in [1.82, 2.24) is 14.9 Å². The number of hydrogen-bond acceptors (Lipinski definition) is 5. The van der Waals surface area contributed by atoms with Crippen molar-refractivity contribution in [3.8, 4) is 11.5 Å². The standard InChI is InChI=1S/C11H11ClN4O2/c1-17-10-4-8(3-9(12)11(10)18-2)5-15-16-6-13-14-7-16/h3-7H,1-2H3. The van der Waals surface area contributed by atoms with Crippen molar-refractivity contribution in [2.45, 2.75) is 0 Å². The molecule has 1 aromatic heterocycles. The molecule has 94 valence electrons. The van der Waals surface area contributed by atoms with Gasteiger partial charge < -0.3 is 9.47 Å². The van der Waals surface area contributed by atoms with Gasteiger partial charge >= 0.3 is 0 Å². The number of aromatic nitrogens is 3. The van der Waals surface area contributed by atoms with E-state index < -0.39 is 0 Å². The molecule has 1 heterocycles. The van der Waals surface area contributed by atoms with Crippen LogP contribution in [0.4, 0.5) is 0 Å². The molecule has 0 saturated heterocycles. The van der Waals surface area contributed by atoms with Crippen LogP contribution in [0, 0.1) is 0 Å². The van der Waals surface area contributed by atoms with Crippen LogP contribution in [0.2, 0.25) is 5.02 Å². The predicted molar refractivity (Wildman–Crippen MR) is 67.6 cm³/mol. The summed E-state index contributed by atoms with van der Waals surface area (Å²) in [5.41, 5.74) is 0.784. The van der Waals surface area contributed by atoms with Crippen molar-refractivity contribution in [3.05, 3.63) is 35.4 Å². The number of nitrogens with zero attached hydrogens (tertiary/aromatic N) is 4. The molecule has 0 saturated carbocycles. The fourth-order valence-corrected chi connectivity index (χ4v) is 1.70. The van der Waals surface area contributed by atoms with Crippen LogP contribution in [0.5, 0.6) is 11.5 Å². The minimum atomic E-state index is 0.460. The summed E-state index contributed by atoms with van der Waals surface area (Å²) in [7, 11) is 3.09. The highest BCUT2D eigenvalue weighted by Crippen LogP contribution is 2.35. The molecule has 6 nitrogen and oxygen atoms in total. The Balaban J connectivity index is 2.32. The van der Waals surface area contributed by atoms with Crippen molar-refractivity contribution in [2.24, 2.45) is 5.10 Å². The Labute approximate surface area is 109 Å². The molecular formula is C11H11ClN4O2. The van der Waals surface area contributed by atoms with E-state index in [1.165, 1.54) is 24.4 Å². The lowest BCUT2D eigenvalue weighted by atomic mass is 10.2. The van der Waals surface area contributed by atoms with Crippen molar-refractivity contribution in [3.63, 3.8) is 0 Å². The zero-order valence-electron chi connectivity index (χ0n) is 9.87. The molecule has 0 radical (unpaired) electrons. The first-order chi connectivity index (χ1) is 8.74. The third kappa shape index (κ3) is 2.60. The van der Waals surface area contributed by atoms with Crippen molar-refractivity contribution < 1.29 is 9.47 Å². The summed E-state index contributed by atoms with van der Waals surface area (Å²) in [6.07, 6.45) is 4.59. The van der Waals surface area contributed by atoms with Crippen LogP contribution in [0.1, 0.15) is 5.56 Å². The van der Waals surface area contributed by atoms with E-state index in [1.807, 2.05) is 0 Å². The van der Waals surface area contributed by atoms with Gasteiger partial charge in [-0.2, -0.15) is 5.10 Å². The second-order valence-corrected chi connectivity index (χ2v) is 3.73. The summed E-state index contributed by atoms with van der Waals surface area (Å²) in [5, 5.41) is 11.9. The van der Waals surface area contributed by atoms with E-state index in [0.29, 0.717) is 16.5 Å². The predicted octanol–water partition coefficient (Wildman–Crippen LogP) is 1.83. The zero-order valence-corrected chi connectivity index (χ0v) is 10.6.